The Morgan fingerprint density at radius 3 is 2.75 bits per heavy atom. The second-order valence-electron chi connectivity index (χ2n) is 5.19. The molecule has 132 valence electrons. The molecule has 1 aliphatic heterocycles. The van der Waals surface area contributed by atoms with Crippen LogP contribution in [0.5, 0.6) is 5.88 Å². The topological polar surface area (TPSA) is 89.0 Å². The van der Waals surface area contributed by atoms with Crippen LogP contribution in [-0.4, -0.2) is 65.5 Å². The first-order valence-corrected chi connectivity index (χ1v) is 6.93. The van der Waals surface area contributed by atoms with E-state index in [9.17, 15) is 27.9 Å². The number of carboxylic acid groups (broad SMARTS) is 1. The molecule has 0 bridgehead atoms. The molecule has 10 heteroatoms. The lowest BCUT2D eigenvalue weighted by Crippen LogP contribution is -2.40. The number of methoxy groups -OCH3 is 1. The monoisotopic (exact) mass is 348 g/mol. The predicted octanol–water partition coefficient (Wildman–Crippen LogP) is 1.34. The summed E-state index contributed by atoms with van der Waals surface area (Å²) < 4.78 is 46.1. The molecule has 2 unspecified atom stereocenters. The Labute approximate surface area is 135 Å². The number of aliphatic carboxylic acids is 1. The van der Waals surface area contributed by atoms with Crippen molar-refractivity contribution in [3.8, 4) is 5.88 Å². The largest absolute Gasteiger partial charge is 0.480 e. The molecule has 0 saturated carbocycles. The minimum atomic E-state index is -4.53. The number of carbonyl (C=O) groups is 2. The molecular weight excluding hydrogens is 333 g/mol. The molecule has 7 nitrogen and oxygen atoms in total. The second kappa shape index (κ2) is 7.04. The van der Waals surface area contributed by atoms with Crippen LogP contribution in [0.3, 0.4) is 0 Å². The summed E-state index contributed by atoms with van der Waals surface area (Å²) in [7, 11) is 1.41. The van der Waals surface area contributed by atoms with Crippen LogP contribution in [0.15, 0.2) is 18.3 Å². The fraction of sp³-hybridized carbons (Fsp3) is 0.500. The Morgan fingerprint density at radius 1 is 1.46 bits per heavy atom. The van der Waals surface area contributed by atoms with E-state index in [2.05, 4.69) is 9.72 Å². The molecule has 1 aliphatic rings. The molecule has 1 aromatic rings. The zero-order valence-electron chi connectivity index (χ0n) is 12.6. The van der Waals surface area contributed by atoms with E-state index in [1.54, 1.807) is 0 Å². The lowest BCUT2D eigenvalue weighted by Gasteiger charge is -2.21. The van der Waals surface area contributed by atoms with Crippen molar-refractivity contribution in [2.45, 2.75) is 24.7 Å². The number of hydrogen-bond acceptors (Lipinski definition) is 5. The first-order valence-electron chi connectivity index (χ1n) is 6.93. The Morgan fingerprint density at radius 2 is 2.17 bits per heavy atom. The van der Waals surface area contributed by atoms with E-state index in [1.807, 2.05) is 0 Å². The summed E-state index contributed by atoms with van der Waals surface area (Å²) in [6.45, 7) is -1.46. The summed E-state index contributed by atoms with van der Waals surface area (Å²) in [4.78, 5) is 28.5. The Bertz CT molecular complexity index is 623. The van der Waals surface area contributed by atoms with Gasteiger partial charge in [-0.25, -0.2) is 9.78 Å². The van der Waals surface area contributed by atoms with Crippen LogP contribution in [0.2, 0.25) is 0 Å². The van der Waals surface area contributed by atoms with Gasteiger partial charge in [0.15, 0.2) is 6.61 Å². The van der Waals surface area contributed by atoms with Crippen molar-refractivity contribution in [3.63, 3.8) is 0 Å². The van der Waals surface area contributed by atoms with Crippen LogP contribution in [0.4, 0.5) is 13.2 Å². The SMILES string of the molecule is COC1CC(C(=O)O)N(C(=O)c2ccnc(OCC(F)(F)F)c2)C1. The quantitative estimate of drug-likeness (QED) is 0.864. The minimum Gasteiger partial charge on any atom is -0.480 e. The predicted molar refractivity (Wildman–Crippen MR) is 73.7 cm³/mol. The van der Waals surface area contributed by atoms with Gasteiger partial charge < -0.3 is 19.5 Å². The molecule has 1 saturated heterocycles. The van der Waals surface area contributed by atoms with Crippen LogP contribution in [0.25, 0.3) is 0 Å². The van der Waals surface area contributed by atoms with Gasteiger partial charge in [-0.1, -0.05) is 0 Å². The Hall–Kier alpha value is -2.36. The van der Waals surface area contributed by atoms with E-state index < -0.39 is 36.8 Å². The van der Waals surface area contributed by atoms with Crippen molar-refractivity contribution < 1.29 is 37.3 Å². The highest BCUT2D eigenvalue weighted by molar-refractivity contribution is 5.97. The van der Waals surface area contributed by atoms with E-state index in [0.29, 0.717) is 0 Å². The third-order valence-electron chi connectivity index (χ3n) is 3.51. The minimum absolute atomic E-state index is 0.00909. The first kappa shape index (κ1) is 18.0. The number of rotatable bonds is 5. The number of amides is 1. The van der Waals surface area contributed by atoms with Gasteiger partial charge in [0.25, 0.3) is 5.91 Å². The highest BCUT2D eigenvalue weighted by atomic mass is 19.4. The van der Waals surface area contributed by atoms with Crippen molar-refractivity contribution in [2.24, 2.45) is 0 Å². The van der Waals surface area contributed by atoms with Gasteiger partial charge in [-0.05, 0) is 6.07 Å². The molecule has 0 spiro atoms. The standard InChI is InChI=1S/C14H15F3N2O5/c1-23-9-5-10(13(21)22)19(6-9)12(20)8-2-3-18-11(4-8)24-7-14(15,16)17/h2-4,9-10H,5-7H2,1H3,(H,21,22). The van der Waals surface area contributed by atoms with Crippen LogP contribution in [0.1, 0.15) is 16.8 Å². The van der Waals surface area contributed by atoms with Crippen LogP contribution in [0, 0.1) is 0 Å². The smallest absolute Gasteiger partial charge is 0.422 e. The number of likely N-dealkylation sites (tertiary alicyclic amines) is 1. The van der Waals surface area contributed by atoms with Crippen molar-refractivity contribution in [1.82, 2.24) is 9.88 Å². The third-order valence-corrected chi connectivity index (χ3v) is 3.51. The molecule has 1 amide bonds. The summed E-state index contributed by atoms with van der Waals surface area (Å²) in [6, 6.07) is 1.27. The molecular formula is C14H15F3N2O5. The van der Waals surface area contributed by atoms with Crippen molar-refractivity contribution in [2.75, 3.05) is 20.3 Å². The summed E-state index contributed by atoms with van der Waals surface area (Å²) in [5.41, 5.74) is -0.00909. The van der Waals surface area contributed by atoms with Gasteiger partial charge in [0, 0.05) is 37.9 Å². The molecule has 2 rings (SSSR count). The summed E-state index contributed by atoms with van der Waals surface area (Å²) in [5.74, 6) is -2.18. The van der Waals surface area contributed by atoms with Crippen molar-refractivity contribution in [3.05, 3.63) is 23.9 Å². The lowest BCUT2D eigenvalue weighted by atomic mass is 10.2. The maximum Gasteiger partial charge on any atom is 0.422 e. The normalized spacial score (nSPS) is 20.9. The number of pyridine rings is 1. The molecule has 0 aliphatic carbocycles. The zero-order chi connectivity index (χ0) is 17.9. The van der Waals surface area contributed by atoms with Crippen LogP contribution < -0.4 is 4.74 Å². The molecule has 0 aromatic carbocycles. The van der Waals surface area contributed by atoms with Crippen molar-refractivity contribution in [1.29, 1.82) is 0 Å². The van der Waals surface area contributed by atoms with Gasteiger partial charge in [0.2, 0.25) is 5.88 Å². The van der Waals surface area contributed by atoms with E-state index >= 15 is 0 Å². The summed E-state index contributed by atoms with van der Waals surface area (Å²) in [5, 5.41) is 9.21. The van der Waals surface area contributed by atoms with Gasteiger partial charge in [-0.3, -0.25) is 4.79 Å². The molecule has 2 atom stereocenters. The fourth-order valence-corrected chi connectivity index (χ4v) is 2.37. The average Bonchev–Trinajstić information content (AvgIpc) is 2.96. The number of carboxylic acids is 1. The summed E-state index contributed by atoms with van der Waals surface area (Å²) >= 11 is 0. The number of nitrogens with zero attached hydrogens (tertiary/aromatic N) is 2. The van der Waals surface area contributed by atoms with E-state index in [0.717, 1.165) is 17.2 Å². The molecule has 1 N–H and O–H groups in total. The molecule has 24 heavy (non-hydrogen) atoms. The maximum absolute atomic E-state index is 12.5. The number of aromatic nitrogens is 1. The van der Waals surface area contributed by atoms with Crippen LogP contribution >= 0.6 is 0 Å². The van der Waals surface area contributed by atoms with E-state index in [-0.39, 0.29) is 24.4 Å². The van der Waals surface area contributed by atoms with Gasteiger partial charge in [-0.2, -0.15) is 13.2 Å². The van der Waals surface area contributed by atoms with E-state index in [1.165, 1.54) is 13.2 Å². The molecule has 1 fully saturated rings. The molecule has 2 heterocycles. The van der Waals surface area contributed by atoms with E-state index in [4.69, 9.17) is 4.74 Å². The van der Waals surface area contributed by atoms with Gasteiger partial charge in [0.1, 0.15) is 6.04 Å². The highest BCUT2D eigenvalue weighted by Gasteiger charge is 2.40. The lowest BCUT2D eigenvalue weighted by molar-refractivity contribution is -0.154. The number of hydrogen-bond donors (Lipinski definition) is 1. The molecule has 0 radical (unpaired) electrons. The number of carbonyl (C=O) groups excluding carboxylic acids is 1. The highest BCUT2D eigenvalue weighted by Crippen LogP contribution is 2.24. The fourth-order valence-electron chi connectivity index (χ4n) is 2.37. The van der Waals surface area contributed by atoms with Gasteiger partial charge in [0.05, 0.1) is 6.10 Å². The van der Waals surface area contributed by atoms with Gasteiger partial charge >= 0.3 is 12.1 Å². The molecule has 1 aromatic heterocycles. The number of ether oxygens (including phenoxy) is 2. The average molecular weight is 348 g/mol. The second-order valence-corrected chi connectivity index (χ2v) is 5.19. The Kier molecular flexibility index (Phi) is 5.27. The van der Waals surface area contributed by atoms with Crippen LogP contribution in [-0.2, 0) is 9.53 Å². The number of halogens is 3. The van der Waals surface area contributed by atoms with Crippen molar-refractivity contribution >= 4 is 11.9 Å². The number of alkyl halides is 3. The van der Waals surface area contributed by atoms with Gasteiger partial charge in [-0.15, -0.1) is 0 Å². The third kappa shape index (κ3) is 4.34. The first-order chi connectivity index (χ1) is 11.2. The Balaban J connectivity index is 2.15. The zero-order valence-corrected chi connectivity index (χ0v) is 12.6. The summed E-state index contributed by atoms with van der Waals surface area (Å²) in [6.07, 6.45) is -3.69. The maximum atomic E-state index is 12.5.